The molecule has 32 heavy (non-hydrogen) atoms. The Labute approximate surface area is 187 Å². The SMILES string of the molecule is CCOC(=O)C(N=C(c1ccccc1)c1ccccc1)C(=O)c1cn(C)c2ccccc12. The highest BCUT2D eigenvalue weighted by Crippen LogP contribution is 2.23. The largest absolute Gasteiger partial charge is 0.464 e. The summed E-state index contributed by atoms with van der Waals surface area (Å²) in [5.74, 6) is -1.04. The van der Waals surface area contributed by atoms with Crippen molar-refractivity contribution in [1.29, 1.82) is 0 Å². The molecule has 1 atom stereocenters. The van der Waals surface area contributed by atoms with Crippen LogP contribution in [0.5, 0.6) is 0 Å². The molecule has 0 amide bonds. The zero-order valence-corrected chi connectivity index (χ0v) is 18.1. The summed E-state index contributed by atoms with van der Waals surface area (Å²) in [7, 11) is 1.88. The molecule has 1 aromatic heterocycles. The minimum absolute atomic E-state index is 0.166. The zero-order valence-electron chi connectivity index (χ0n) is 18.1. The molecule has 0 aliphatic rings. The van der Waals surface area contributed by atoms with E-state index >= 15 is 0 Å². The van der Waals surface area contributed by atoms with Crippen LogP contribution < -0.4 is 0 Å². The molecule has 1 heterocycles. The maximum absolute atomic E-state index is 13.7. The number of aryl methyl sites for hydroxylation is 1. The minimum Gasteiger partial charge on any atom is -0.464 e. The van der Waals surface area contributed by atoms with Crippen molar-refractivity contribution in [2.75, 3.05) is 6.61 Å². The van der Waals surface area contributed by atoms with E-state index in [0.29, 0.717) is 11.3 Å². The van der Waals surface area contributed by atoms with E-state index in [-0.39, 0.29) is 12.4 Å². The number of aromatic nitrogens is 1. The van der Waals surface area contributed by atoms with Crippen molar-refractivity contribution in [2.24, 2.45) is 12.0 Å². The van der Waals surface area contributed by atoms with E-state index < -0.39 is 12.0 Å². The molecule has 5 heteroatoms. The molecule has 0 fully saturated rings. The number of benzene rings is 3. The van der Waals surface area contributed by atoms with E-state index in [0.717, 1.165) is 22.0 Å². The van der Waals surface area contributed by atoms with Gasteiger partial charge in [-0.15, -0.1) is 0 Å². The van der Waals surface area contributed by atoms with Gasteiger partial charge in [0.15, 0.2) is 0 Å². The molecule has 0 aliphatic carbocycles. The molecule has 0 spiro atoms. The number of ketones is 1. The third-order valence-corrected chi connectivity index (χ3v) is 5.27. The highest BCUT2D eigenvalue weighted by atomic mass is 16.5. The maximum atomic E-state index is 13.7. The molecule has 0 aliphatic heterocycles. The molecular formula is C27H24N2O3. The van der Waals surface area contributed by atoms with Crippen LogP contribution in [0.1, 0.15) is 28.4 Å². The van der Waals surface area contributed by atoms with Gasteiger partial charge in [0.2, 0.25) is 11.8 Å². The second kappa shape index (κ2) is 9.43. The number of ether oxygens (including phenoxy) is 1. The van der Waals surface area contributed by atoms with Gasteiger partial charge in [0.1, 0.15) is 0 Å². The molecule has 0 saturated carbocycles. The Bertz CT molecular complexity index is 1230. The minimum atomic E-state index is -1.31. The summed E-state index contributed by atoms with van der Waals surface area (Å²) in [6, 6.07) is 25.4. The van der Waals surface area contributed by atoms with Crippen LogP contribution in [0.4, 0.5) is 0 Å². The second-order valence-electron chi connectivity index (χ2n) is 7.40. The first-order valence-corrected chi connectivity index (χ1v) is 10.5. The molecule has 5 nitrogen and oxygen atoms in total. The fraction of sp³-hybridized carbons (Fsp3) is 0.148. The molecule has 0 saturated heterocycles. The van der Waals surface area contributed by atoms with Crippen molar-refractivity contribution in [1.82, 2.24) is 4.57 Å². The van der Waals surface area contributed by atoms with Gasteiger partial charge in [-0.2, -0.15) is 0 Å². The number of Topliss-reactive ketones (excluding diaryl/α,β-unsaturated/α-hetero) is 1. The summed E-state index contributed by atoms with van der Waals surface area (Å²) < 4.78 is 7.14. The Hall–Kier alpha value is -3.99. The fourth-order valence-electron chi connectivity index (χ4n) is 3.76. The van der Waals surface area contributed by atoms with Gasteiger partial charge in [0.25, 0.3) is 0 Å². The first-order chi connectivity index (χ1) is 15.6. The Kier molecular flexibility index (Phi) is 6.26. The first-order valence-electron chi connectivity index (χ1n) is 10.5. The molecule has 4 rings (SSSR count). The van der Waals surface area contributed by atoms with Crippen LogP contribution in [0.15, 0.2) is 96.1 Å². The molecule has 1 unspecified atom stereocenters. The lowest BCUT2D eigenvalue weighted by Crippen LogP contribution is -2.32. The number of rotatable bonds is 7. The lowest BCUT2D eigenvalue weighted by molar-refractivity contribution is -0.143. The van der Waals surface area contributed by atoms with E-state index in [1.807, 2.05) is 96.5 Å². The van der Waals surface area contributed by atoms with Crippen molar-refractivity contribution in [2.45, 2.75) is 13.0 Å². The molecule has 3 aromatic carbocycles. The van der Waals surface area contributed by atoms with E-state index in [1.165, 1.54) is 0 Å². The topological polar surface area (TPSA) is 60.7 Å². The van der Waals surface area contributed by atoms with E-state index in [4.69, 9.17) is 9.73 Å². The number of esters is 1. The predicted octanol–water partition coefficient (Wildman–Crippen LogP) is 4.83. The van der Waals surface area contributed by atoms with Crippen molar-refractivity contribution in [3.8, 4) is 0 Å². The van der Waals surface area contributed by atoms with Gasteiger partial charge in [-0.3, -0.25) is 9.79 Å². The van der Waals surface area contributed by atoms with Crippen molar-refractivity contribution in [3.63, 3.8) is 0 Å². The number of carbonyl (C=O) groups is 2. The molecule has 0 radical (unpaired) electrons. The van der Waals surface area contributed by atoms with Crippen molar-refractivity contribution >= 4 is 28.4 Å². The average molecular weight is 425 g/mol. The third-order valence-electron chi connectivity index (χ3n) is 5.27. The smallest absolute Gasteiger partial charge is 0.339 e. The summed E-state index contributed by atoms with van der Waals surface area (Å²) in [4.78, 5) is 31.3. The highest BCUT2D eigenvalue weighted by molar-refractivity contribution is 6.21. The predicted molar refractivity (Wildman–Crippen MR) is 126 cm³/mol. The molecule has 160 valence electrons. The second-order valence-corrected chi connectivity index (χ2v) is 7.40. The zero-order chi connectivity index (χ0) is 22.5. The van der Waals surface area contributed by atoms with E-state index in [1.54, 1.807) is 13.1 Å². The number of nitrogens with zero attached hydrogens (tertiary/aromatic N) is 2. The van der Waals surface area contributed by atoms with Gasteiger partial charge in [-0.25, -0.2) is 4.79 Å². The number of aliphatic imine (C=N–C) groups is 1. The Balaban J connectivity index is 1.87. The number of carbonyl (C=O) groups excluding carboxylic acids is 2. The Morgan fingerprint density at radius 2 is 1.44 bits per heavy atom. The van der Waals surface area contributed by atoms with Crippen molar-refractivity contribution < 1.29 is 14.3 Å². The van der Waals surface area contributed by atoms with E-state index in [2.05, 4.69) is 0 Å². The summed E-state index contributed by atoms with van der Waals surface area (Å²) >= 11 is 0. The van der Waals surface area contributed by atoms with Gasteiger partial charge in [-0.05, 0) is 13.0 Å². The van der Waals surface area contributed by atoms with Crippen molar-refractivity contribution in [3.05, 3.63) is 108 Å². The van der Waals surface area contributed by atoms with Gasteiger partial charge >= 0.3 is 5.97 Å². The summed E-state index contributed by atoms with van der Waals surface area (Å²) in [5, 5.41) is 0.783. The van der Waals surface area contributed by atoms with Gasteiger partial charge in [0.05, 0.1) is 12.3 Å². The van der Waals surface area contributed by atoms with Crippen LogP contribution >= 0.6 is 0 Å². The number of hydrogen-bond donors (Lipinski definition) is 0. The quantitative estimate of drug-likeness (QED) is 0.185. The lowest BCUT2D eigenvalue weighted by Gasteiger charge is -2.14. The van der Waals surface area contributed by atoms with Crippen LogP contribution in [0.25, 0.3) is 10.9 Å². The lowest BCUT2D eigenvalue weighted by atomic mass is 10.00. The van der Waals surface area contributed by atoms with Crippen LogP contribution in [0, 0.1) is 0 Å². The Morgan fingerprint density at radius 3 is 2.03 bits per heavy atom. The van der Waals surface area contributed by atoms with Crippen LogP contribution in [0.3, 0.4) is 0 Å². The highest BCUT2D eigenvalue weighted by Gasteiger charge is 2.31. The molecular weight excluding hydrogens is 400 g/mol. The standard InChI is InChI=1S/C27H24N2O3/c1-3-32-27(31)25(26(30)22-18-29(2)23-17-11-10-16-21(22)23)28-24(19-12-6-4-7-13-19)20-14-8-5-9-15-20/h4-18,25H,3H2,1-2H3. The number of para-hydroxylation sites is 1. The summed E-state index contributed by atoms with van der Waals surface area (Å²) in [6.45, 7) is 1.88. The molecule has 0 bridgehead atoms. The van der Waals surface area contributed by atoms with Crippen LogP contribution in [-0.2, 0) is 16.6 Å². The number of fused-ring (bicyclic) bond motifs is 1. The average Bonchev–Trinajstić information content (AvgIpc) is 3.17. The van der Waals surface area contributed by atoms with Gasteiger partial charge in [-0.1, -0.05) is 78.9 Å². The third kappa shape index (κ3) is 4.23. The normalized spacial score (nSPS) is 11.7. The van der Waals surface area contributed by atoms with Gasteiger partial charge < -0.3 is 9.30 Å². The molecule has 4 aromatic rings. The Morgan fingerprint density at radius 1 is 0.875 bits per heavy atom. The number of hydrogen-bond acceptors (Lipinski definition) is 4. The molecule has 0 N–H and O–H groups in total. The monoisotopic (exact) mass is 424 g/mol. The summed E-state index contributed by atoms with van der Waals surface area (Å²) in [5.41, 5.74) is 3.56. The van der Waals surface area contributed by atoms with Crippen LogP contribution in [0.2, 0.25) is 0 Å². The van der Waals surface area contributed by atoms with Gasteiger partial charge in [0, 0.05) is 40.8 Å². The maximum Gasteiger partial charge on any atom is 0.339 e. The van der Waals surface area contributed by atoms with E-state index in [9.17, 15) is 9.59 Å². The van der Waals surface area contributed by atoms with Crippen LogP contribution in [-0.4, -0.2) is 34.7 Å². The fourth-order valence-corrected chi connectivity index (χ4v) is 3.76. The first kappa shape index (κ1) is 21.2. The summed E-state index contributed by atoms with van der Waals surface area (Å²) in [6.07, 6.45) is 1.75.